The van der Waals surface area contributed by atoms with Crippen LogP contribution in [0, 0.1) is 0 Å². The fourth-order valence-electron chi connectivity index (χ4n) is 1.30. The molecule has 2 aromatic rings. The number of amides is 3. The van der Waals surface area contributed by atoms with Crippen LogP contribution in [0.5, 0.6) is 0 Å². The van der Waals surface area contributed by atoms with Crippen molar-refractivity contribution in [2.24, 2.45) is 0 Å². The summed E-state index contributed by atoms with van der Waals surface area (Å²) in [6.45, 7) is -0.123. The monoisotopic (exact) mass is 282 g/mol. The maximum absolute atomic E-state index is 11.5. The molecule has 0 aromatic carbocycles. The number of nitrogens with zero attached hydrogens (tertiary/aromatic N) is 3. The largest absolute Gasteiger partial charge is 0.358 e. The van der Waals surface area contributed by atoms with E-state index in [1.165, 1.54) is 11.6 Å². The van der Waals surface area contributed by atoms with Crippen molar-refractivity contribution >= 4 is 35.1 Å². The fraction of sp³-hybridized carbons (Fsp3) is 0.200. The molecule has 0 spiro atoms. The average molecular weight is 283 g/mol. The van der Waals surface area contributed by atoms with E-state index in [0.29, 0.717) is 10.7 Å². The van der Waals surface area contributed by atoms with Gasteiger partial charge in [-0.05, 0) is 6.07 Å². The summed E-state index contributed by atoms with van der Waals surface area (Å²) in [4.78, 5) is 26.5. The molecule has 0 aliphatic rings. The van der Waals surface area contributed by atoms with Crippen LogP contribution in [-0.2, 0) is 4.79 Å². The molecule has 9 heteroatoms. The number of fused-ring (bicyclic) bond motifs is 1. The van der Waals surface area contributed by atoms with Gasteiger partial charge in [0.2, 0.25) is 5.91 Å². The van der Waals surface area contributed by atoms with Gasteiger partial charge in [0, 0.05) is 24.3 Å². The van der Waals surface area contributed by atoms with Crippen LogP contribution in [-0.4, -0.2) is 40.1 Å². The minimum absolute atomic E-state index is 0.122. The van der Waals surface area contributed by atoms with E-state index in [1.54, 1.807) is 18.3 Å². The van der Waals surface area contributed by atoms with Crippen molar-refractivity contribution in [1.82, 2.24) is 25.2 Å². The zero-order valence-electron chi connectivity index (χ0n) is 9.98. The lowest BCUT2D eigenvalue weighted by atomic mass is 10.5. The first-order chi connectivity index (χ1) is 9.08. The number of urea groups is 1. The molecule has 8 nitrogen and oxygen atoms in total. The Morgan fingerprint density at radius 2 is 2.26 bits per heavy atom. The quantitative estimate of drug-likeness (QED) is 0.751. The number of rotatable bonds is 3. The second-order valence-corrected chi connectivity index (χ2v) is 4.00. The minimum atomic E-state index is -0.564. The maximum Gasteiger partial charge on any atom is 0.322 e. The van der Waals surface area contributed by atoms with Crippen molar-refractivity contribution in [3.05, 3.63) is 23.4 Å². The van der Waals surface area contributed by atoms with Gasteiger partial charge in [-0.15, -0.1) is 5.10 Å². The van der Waals surface area contributed by atoms with E-state index >= 15 is 0 Å². The first-order valence-electron chi connectivity index (χ1n) is 5.36. The van der Waals surface area contributed by atoms with Crippen LogP contribution in [0.2, 0.25) is 5.02 Å². The zero-order chi connectivity index (χ0) is 13.8. The number of hydrogen-bond donors (Lipinski definition) is 3. The molecule has 0 saturated heterocycles. The second-order valence-electron chi connectivity index (χ2n) is 3.56. The number of carbonyl (C=O) groups excluding carboxylic acids is 2. The molecule has 19 heavy (non-hydrogen) atoms. The molecule has 2 aromatic heterocycles. The number of aromatic nitrogens is 3. The Hall–Kier alpha value is -2.35. The number of anilines is 1. The third-order valence-corrected chi connectivity index (χ3v) is 2.45. The molecule has 2 heterocycles. The molecule has 100 valence electrons. The predicted octanol–water partition coefficient (Wildman–Crippen LogP) is 0.250. The molecular weight excluding hydrogens is 272 g/mol. The zero-order valence-corrected chi connectivity index (χ0v) is 10.7. The van der Waals surface area contributed by atoms with Gasteiger partial charge in [0.05, 0.1) is 6.54 Å². The van der Waals surface area contributed by atoms with E-state index in [0.717, 1.165) is 0 Å². The smallest absolute Gasteiger partial charge is 0.322 e. The van der Waals surface area contributed by atoms with Gasteiger partial charge in [0.15, 0.2) is 5.65 Å². The lowest BCUT2D eigenvalue weighted by Gasteiger charge is -2.03. The normalized spacial score (nSPS) is 10.2. The van der Waals surface area contributed by atoms with E-state index in [9.17, 15) is 9.59 Å². The van der Waals surface area contributed by atoms with Crippen LogP contribution >= 0.6 is 11.6 Å². The van der Waals surface area contributed by atoms with E-state index in [2.05, 4.69) is 26.0 Å². The fourth-order valence-corrected chi connectivity index (χ4v) is 1.46. The van der Waals surface area contributed by atoms with E-state index in [-0.39, 0.29) is 18.4 Å². The Morgan fingerprint density at radius 1 is 1.47 bits per heavy atom. The van der Waals surface area contributed by atoms with Crippen molar-refractivity contribution in [2.45, 2.75) is 0 Å². The van der Waals surface area contributed by atoms with Crippen LogP contribution in [0.4, 0.5) is 10.7 Å². The third-order valence-electron chi connectivity index (χ3n) is 2.21. The van der Waals surface area contributed by atoms with E-state index in [1.807, 2.05) is 0 Å². The molecule has 3 amide bonds. The molecule has 0 aliphatic carbocycles. The van der Waals surface area contributed by atoms with Gasteiger partial charge in [0.1, 0.15) is 0 Å². The number of carbonyl (C=O) groups is 2. The van der Waals surface area contributed by atoms with E-state index < -0.39 is 6.03 Å². The molecule has 3 N–H and O–H groups in total. The van der Waals surface area contributed by atoms with Gasteiger partial charge in [-0.25, -0.2) is 9.31 Å². The number of pyridine rings is 1. The Labute approximate surface area is 113 Å². The molecular formula is C10H11ClN6O2. The van der Waals surface area contributed by atoms with Crippen molar-refractivity contribution in [3.63, 3.8) is 0 Å². The van der Waals surface area contributed by atoms with Gasteiger partial charge in [-0.1, -0.05) is 11.6 Å². The highest BCUT2D eigenvalue weighted by atomic mass is 35.5. The average Bonchev–Trinajstić information content (AvgIpc) is 2.77. The number of hydrogen-bond acceptors (Lipinski definition) is 4. The summed E-state index contributed by atoms with van der Waals surface area (Å²) in [7, 11) is 1.48. The van der Waals surface area contributed by atoms with Crippen LogP contribution in [0.15, 0.2) is 18.3 Å². The van der Waals surface area contributed by atoms with Gasteiger partial charge in [-0.3, -0.25) is 10.1 Å². The summed E-state index contributed by atoms with van der Waals surface area (Å²) >= 11 is 5.81. The second kappa shape index (κ2) is 5.53. The minimum Gasteiger partial charge on any atom is -0.358 e. The highest BCUT2D eigenvalue weighted by Gasteiger charge is 2.08. The van der Waals surface area contributed by atoms with Crippen LogP contribution in [0.1, 0.15) is 0 Å². The summed E-state index contributed by atoms with van der Waals surface area (Å²) in [5.74, 6) is -0.179. The SMILES string of the molecule is CNC(=O)CNC(=O)Nc1nc2cc(Cl)ccn2n1. The van der Waals surface area contributed by atoms with Gasteiger partial charge in [0.25, 0.3) is 5.95 Å². The molecule has 0 saturated carbocycles. The molecule has 0 bridgehead atoms. The third kappa shape index (κ3) is 3.32. The molecule has 0 fully saturated rings. The van der Waals surface area contributed by atoms with Crippen LogP contribution in [0.25, 0.3) is 5.65 Å². The van der Waals surface area contributed by atoms with Gasteiger partial charge >= 0.3 is 6.03 Å². The predicted molar refractivity (Wildman–Crippen MR) is 69.1 cm³/mol. The highest BCUT2D eigenvalue weighted by Crippen LogP contribution is 2.11. The Bertz CT molecular complexity index is 626. The summed E-state index contributed by atoms with van der Waals surface area (Å²) in [6.07, 6.45) is 1.62. The van der Waals surface area contributed by atoms with Crippen LogP contribution in [0.3, 0.4) is 0 Å². The van der Waals surface area contributed by atoms with Gasteiger partial charge in [-0.2, -0.15) is 4.98 Å². The topological polar surface area (TPSA) is 100 Å². The summed E-state index contributed by atoms with van der Waals surface area (Å²) in [5, 5.41) is 11.7. The standard InChI is InChI=1S/C10H11ClN6O2/c1-12-8(18)5-13-10(19)15-9-14-7-4-6(11)2-3-17(7)16-9/h2-4H,5H2,1H3,(H,12,18)(H2,13,15,16,19). The Kier molecular flexibility index (Phi) is 3.81. The van der Waals surface area contributed by atoms with Crippen molar-refractivity contribution in [2.75, 3.05) is 18.9 Å². The highest BCUT2D eigenvalue weighted by molar-refractivity contribution is 6.30. The number of halogens is 1. The molecule has 0 aliphatic heterocycles. The Morgan fingerprint density at radius 3 is 3.00 bits per heavy atom. The van der Waals surface area contributed by atoms with Crippen molar-refractivity contribution in [1.29, 1.82) is 0 Å². The first kappa shape index (κ1) is 13.1. The summed E-state index contributed by atoms with van der Waals surface area (Å²) < 4.78 is 1.47. The lowest BCUT2D eigenvalue weighted by molar-refractivity contribution is -0.119. The molecule has 2 rings (SSSR count). The van der Waals surface area contributed by atoms with Crippen molar-refractivity contribution in [3.8, 4) is 0 Å². The van der Waals surface area contributed by atoms with Crippen molar-refractivity contribution < 1.29 is 9.59 Å². The molecule has 0 radical (unpaired) electrons. The Balaban J connectivity index is 2.01. The molecule has 0 unspecified atom stereocenters. The number of likely N-dealkylation sites (N-methyl/N-ethyl adjacent to an activating group) is 1. The summed E-state index contributed by atoms with van der Waals surface area (Å²) in [5.41, 5.74) is 0.508. The number of nitrogens with one attached hydrogen (secondary N) is 3. The first-order valence-corrected chi connectivity index (χ1v) is 5.73. The molecule has 0 atom stereocenters. The summed E-state index contributed by atoms with van der Waals surface area (Å²) in [6, 6.07) is 2.70. The maximum atomic E-state index is 11.5. The van der Waals surface area contributed by atoms with Gasteiger partial charge < -0.3 is 10.6 Å². The van der Waals surface area contributed by atoms with E-state index in [4.69, 9.17) is 11.6 Å². The lowest BCUT2D eigenvalue weighted by Crippen LogP contribution is -2.37. The van der Waals surface area contributed by atoms with Crippen LogP contribution < -0.4 is 16.0 Å².